The Morgan fingerprint density at radius 3 is 2.64 bits per heavy atom. The predicted octanol–water partition coefficient (Wildman–Crippen LogP) is 0.963. The number of hydrogen-bond acceptors (Lipinski definition) is 9. The SMILES string of the molecule is Nc1ncc(-c2cn3c4c(nc3c(N3CCOCC3)n2)CN(CC2CCNCC2)CC4)cn1. The van der Waals surface area contributed by atoms with Gasteiger partial charge in [-0.2, -0.15) is 0 Å². The van der Waals surface area contributed by atoms with Crippen molar-refractivity contribution in [1.29, 1.82) is 0 Å². The van der Waals surface area contributed by atoms with Gasteiger partial charge in [-0.15, -0.1) is 0 Å². The maximum Gasteiger partial charge on any atom is 0.219 e. The molecule has 0 spiro atoms. The van der Waals surface area contributed by atoms with Crippen LogP contribution in [0.1, 0.15) is 24.2 Å². The van der Waals surface area contributed by atoms with Crippen molar-refractivity contribution < 1.29 is 4.74 Å². The van der Waals surface area contributed by atoms with Crippen LogP contribution < -0.4 is 16.0 Å². The lowest BCUT2D eigenvalue weighted by atomic mass is 9.96. The summed E-state index contributed by atoms with van der Waals surface area (Å²) in [6, 6.07) is 0. The van der Waals surface area contributed by atoms with Crippen LogP contribution in [0.25, 0.3) is 16.9 Å². The summed E-state index contributed by atoms with van der Waals surface area (Å²) < 4.78 is 7.84. The number of piperidine rings is 1. The molecule has 2 fully saturated rings. The molecule has 0 atom stereocenters. The van der Waals surface area contributed by atoms with Crippen LogP contribution in [0, 0.1) is 5.92 Å². The molecule has 3 aliphatic rings. The first-order valence-corrected chi connectivity index (χ1v) is 12.0. The van der Waals surface area contributed by atoms with Gasteiger partial charge >= 0.3 is 0 Å². The van der Waals surface area contributed by atoms with E-state index in [1.807, 2.05) is 0 Å². The minimum atomic E-state index is 0.266. The molecule has 3 aromatic rings. The van der Waals surface area contributed by atoms with Gasteiger partial charge in [0.25, 0.3) is 0 Å². The van der Waals surface area contributed by atoms with Crippen molar-refractivity contribution in [2.75, 3.05) is 63.1 Å². The topological polar surface area (TPSA) is 110 Å². The fourth-order valence-corrected chi connectivity index (χ4v) is 5.25. The number of fused-ring (bicyclic) bond motifs is 3. The molecule has 3 aliphatic heterocycles. The fourth-order valence-electron chi connectivity index (χ4n) is 5.25. The van der Waals surface area contributed by atoms with Crippen LogP contribution in [0.15, 0.2) is 18.6 Å². The molecule has 6 rings (SSSR count). The third-order valence-electron chi connectivity index (χ3n) is 7.06. The monoisotopic (exact) mass is 449 g/mol. The molecule has 174 valence electrons. The first-order chi connectivity index (χ1) is 16.2. The van der Waals surface area contributed by atoms with E-state index in [4.69, 9.17) is 20.4 Å². The summed E-state index contributed by atoms with van der Waals surface area (Å²) >= 11 is 0. The van der Waals surface area contributed by atoms with Crippen molar-refractivity contribution in [3.05, 3.63) is 30.0 Å². The molecule has 3 N–H and O–H groups in total. The quantitative estimate of drug-likeness (QED) is 0.602. The highest BCUT2D eigenvalue weighted by atomic mass is 16.5. The number of nitrogens with two attached hydrogens (primary N) is 1. The minimum Gasteiger partial charge on any atom is -0.378 e. The Bertz CT molecular complexity index is 1120. The van der Waals surface area contributed by atoms with Gasteiger partial charge in [-0.25, -0.2) is 19.9 Å². The number of ether oxygens (including phenoxy) is 1. The van der Waals surface area contributed by atoms with Gasteiger partial charge in [-0.05, 0) is 31.8 Å². The average molecular weight is 450 g/mol. The Hall–Kier alpha value is -2.82. The molecule has 3 aromatic heterocycles. The van der Waals surface area contributed by atoms with Gasteiger partial charge in [0.05, 0.1) is 24.6 Å². The van der Waals surface area contributed by atoms with Gasteiger partial charge in [-0.1, -0.05) is 0 Å². The molecule has 0 radical (unpaired) electrons. The summed E-state index contributed by atoms with van der Waals surface area (Å²) in [6.45, 7) is 8.45. The van der Waals surface area contributed by atoms with Crippen molar-refractivity contribution in [3.8, 4) is 11.3 Å². The zero-order valence-electron chi connectivity index (χ0n) is 18.9. The molecule has 6 heterocycles. The average Bonchev–Trinajstić information content (AvgIpc) is 3.23. The lowest BCUT2D eigenvalue weighted by molar-refractivity contribution is 0.122. The predicted molar refractivity (Wildman–Crippen MR) is 126 cm³/mol. The number of anilines is 2. The zero-order valence-corrected chi connectivity index (χ0v) is 18.9. The van der Waals surface area contributed by atoms with Crippen LogP contribution in [0.5, 0.6) is 0 Å². The second-order valence-electron chi connectivity index (χ2n) is 9.26. The van der Waals surface area contributed by atoms with E-state index in [1.165, 1.54) is 24.2 Å². The summed E-state index contributed by atoms with van der Waals surface area (Å²) in [4.78, 5) is 23.4. The number of aromatic nitrogens is 5. The van der Waals surface area contributed by atoms with Crippen LogP contribution in [0.2, 0.25) is 0 Å². The number of hydrogen-bond donors (Lipinski definition) is 2. The van der Waals surface area contributed by atoms with Gasteiger partial charge < -0.3 is 20.7 Å². The van der Waals surface area contributed by atoms with Gasteiger partial charge in [0.15, 0.2) is 11.5 Å². The largest absolute Gasteiger partial charge is 0.378 e. The Labute approximate surface area is 193 Å². The number of nitrogens with one attached hydrogen (secondary N) is 1. The Balaban J connectivity index is 1.37. The molecule has 0 aromatic carbocycles. The van der Waals surface area contributed by atoms with E-state index in [1.54, 1.807) is 12.4 Å². The maximum absolute atomic E-state index is 5.71. The molecule has 10 heteroatoms. The first kappa shape index (κ1) is 20.8. The second kappa shape index (κ2) is 8.85. The van der Waals surface area contributed by atoms with E-state index in [2.05, 4.69) is 35.7 Å². The van der Waals surface area contributed by atoms with Gasteiger partial charge in [-0.3, -0.25) is 9.30 Å². The molecule has 0 amide bonds. The molecular formula is C23H31N9O. The smallest absolute Gasteiger partial charge is 0.219 e. The number of nitrogen functional groups attached to an aromatic ring is 1. The number of nitrogens with zero attached hydrogens (tertiary/aromatic N) is 7. The van der Waals surface area contributed by atoms with Crippen LogP contribution in [0.4, 0.5) is 11.8 Å². The van der Waals surface area contributed by atoms with Crippen molar-refractivity contribution in [2.24, 2.45) is 5.92 Å². The molecule has 0 saturated carbocycles. The van der Waals surface area contributed by atoms with E-state index in [0.717, 1.165) is 80.9 Å². The van der Waals surface area contributed by atoms with E-state index in [-0.39, 0.29) is 5.95 Å². The fraction of sp³-hybridized carbons (Fsp3) is 0.565. The highest BCUT2D eigenvalue weighted by Gasteiger charge is 2.27. The van der Waals surface area contributed by atoms with Gasteiger partial charge in [0.2, 0.25) is 5.95 Å². The lowest BCUT2D eigenvalue weighted by Gasteiger charge is -2.32. The Morgan fingerprint density at radius 1 is 1.06 bits per heavy atom. The molecule has 0 unspecified atom stereocenters. The molecule has 10 nitrogen and oxygen atoms in total. The number of morpholine rings is 1. The Morgan fingerprint density at radius 2 is 1.85 bits per heavy atom. The summed E-state index contributed by atoms with van der Waals surface area (Å²) in [6.07, 6.45) is 9.10. The summed E-state index contributed by atoms with van der Waals surface area (Å²) in [5.41, 5.74) is 10.8. The van der Waals surface area contributed by atoms with Gasteiger partial charge in [0.1, 0.15) is 0 Å². The second-order valence-corrected chi connectivity index (χ2v) is 9.26. The van der Waals surface area contributed by atoms with Crippen LogP contribution >= 0.6 is 0 Å². The van der Waals surface area contributed by atoms with E-state index in [9.17, 15) is 0 Å². The van der Waals surface area contributed by atoms with Gasteiger partial charge in [0, 0.05) is 69.0 Å². The van der Waals surface area contributed by atoms with Crippen LogP contribution in [0.3, 0.4) is 0 Å². The highest BCUT2D eigenvalue weighted by molar-refractivity contribution is 5.71. The highest BCUT2D eigenvalue weighted by Crippen LogP contribution is 2.30. The molecule has 33 heavy (non-hydrogen) atoms. The molecule has 0 aliphatic carbocycles. The van der Waals surface area contributed by atoms with E-state index >= 15 is 0 Å². The number of rotatable bonds is 4. The third-order valence-corrected chi connectivity index (χ3v) is 7.06. The normalized spacial score (nSPS) is 20.3. The van der Waals surface area contributed by atoms with Crippen molar-refractivity contribution in [2.45, 2.75) is 25.8 Å². The van der Waals surface area contributed by atoms with Crippen molar-refractivity contribution in [1.82, 2.24) is 34.6 Å². The first-order valence-electron chi connectivity index (χ1n) is 12.0. The lowest BCUT2D eigenvalue weighted by Crippen LogP contribution is -2.38. The standard InChI is InChI=1S/C23H31N9O/c24-23-26-11-17(12-27-23)18-15-32-20-3-6-30(13-16-1-4-25-5-2-16)14-19(20)29-22(32)21(28-18)31-7-9-33-10-8-31/h11-12,15-16,25H,1-10,13-14H2,(H2,24,26,27). The van der Waals surface area contributed by atoms with Crippen LogP contribution in [-0.4, -0.2) is 81.7 Å². The van der Waals surface area contributed by atoms with Crippen molar-refractivity contribution >= 4 is 17.4 Å². The van der Waals surface area contributed by atoms with Crippen molar-refractivity contribution in [3.63, 3.8) is 0 Å². The summed E-state index contributed by atoms with van der Waals surface area (Å²) in [5, 5.41) is 3.47. The molecule has 2 saturated heterocycles. The van der Waals surface area contributed by atoms with E-state index in [0.29, 0.717) is 13.2 Å². The Kier molecular flexibility index (Phi) is 5.57. The number of imidazole rings is 1. The van der Waals surface area contributed by atoms with E-state index < -0.39 is 0 Å². The molecular weight excluding hydrogens is 418 g/mol. The zero-order chi connectivity index (χ0) is 22.2. The minimum absolute atomic E-state index is 0.266. The maximum atomic E-state index is 5.71. The summed E-state index contributed by atoms with van der Waals surface area (Å²) in [7, 11) is 0. The third kappa shape index (κ3) is 4.14. The molecule has 0 bridgehead atoms. The summed E-state index contributed by atoms with van der Waals surface area (Å²) in [5.74, 6) is 1.96. The van der Waals surface area contributed by atoms with Crippen LogP contribution in [-0.2, 0) is 17.7 Å².